The van der Waals surface area contributed by atoms with Gasteiger partial charge >= 0.3 is 5.97 Å². The van der Waals surface area contributed by atoms with Crippen LogP contribution in [-0.4, -0.2) is 15.6 Å². The molecule has 0 amide bonds. The standard InChI is InChI=1S/C21H18F2N2O3S.ClH/c22-13-6-11-19(25(9-4-5-9)8-12(20(11)26)21(27)28)18(23)17(13)16-7-10-14(24)2-1-3-15(10)29-16;/h6-9,14H,1-5,24H2,(H,27,28);1H. The van der Waals surface area contributed by atoms with E-state index in [2.05, 4.69) is 0 Å². The van der Waals surface area contributed by atoms with Gasteiger partial charge in [0.05, 0.1) is 16.5 Å². The quantitative estimate of drug-likeness (QED) is 0.597. The summed E-state index contributed by atoms with van der Waals surface area (Å²) in [4.78, 5) is 25.5. The smallest absolute Gasteiger partial charge is 0.341 e. The normalized spacial score (nSPS) is 18.2. The lowest BCUT2D eigenvalue weighted by molar-refractivity contribution is 0.0695. The number of nitrogens with zero attached hydrogens (tertiary/aromatic N) is 1. The molecule has 2 aliphatic carbocycles. The number of hydrogen-bond acceptors (Lipinski definition) is 4. The van der Waals surface area contributed by atoms with Crippen molar-refractivity contribution in [3.63, 3.8) is 0 Å². The minimum atomic E-state index is -1.41. The van der Waals surface area contributed by atoms with E-state index >= 15 is 8.78 Å². The first-order valence-electron chi connectivity index (χ1n) is 9.55. The van der Waals surface area contributed by atoms with Crippen LogP contribution in [0.5, 0.6) is 0 Å². The van der Waals surface area contributed by atoms with Crippen molar-refractivity contribution in [2.75, 3.05) is 0 Å². The van der Waals surface area contributed by atoms with E-state index in [4.69, 9.17) is 5.73 Å². The summed E-state index contributed by atoms with van der Waals surface area (Å²) in [5.74, 6) is -3.10. The number of nitrogens with two attached hydrogens (primary N) is 1. The van der Waals surface area contributed by atoms with E-state index in [0.29, 0.717) is 4.88 Å². The van der Waals surface area contributed by atoms with E-state index in [-0.39, 0.29) is 41.0 Å². The van der Waals surface area contributed by atoms with E-state index in [1.807, 2.05) is 0 Å². The van der Waals surface area contributed by atoms with Crippen LogP contribution in [0.3, 0.4) is 0 Å². The highest BCUT2D eigenvalue weighted by Gasteiger charge is 2.31. The van der Waals surface area contributed by atoms with Crippen molar-refractivity contribution < 1.29 is 18.7 Å². The van der Waals surface area contributed by atoms with Crippen LogP contribution in [-0.2, 0) is 6.42 Å². The maximum atomic E-state index is 15.7. The second-order valence-electron chi connectivity index (χ2n) is 7.75. The van der Waals surface area contributed by atoms with Gasteiger partial charge in [-0.2, -0.15) is 0 Å². The van der Waals surface area contributed by atoms with Crippen molar-refractivity contribution in [2.24, 2.45) is 5.73 Å². The summed E-state index contributed by atoms with van der Waals surface area (Å²) in [5.41, 5.74) is 5.52. The summed E-state index contributed by atoms with van der Waals surface area (Å²) >= 11 is 1.33. The number of carboxylic acids is 1. The number of benzene rings is 1. The summed E-state index contributed by atoms with van der Waals surface area (Å²) in [5, 5.41) is 9.09. The Morgan fingerprint density at radius 1 is 1.23 bits per heavy atom. The second kappa shape index (κ2) is 7.44. The Bertz CT molecular complexity index is 1250. The molecule has 0 bridgehead atoms. The first-order chi connectivity index (χ1) is 13.9. The highest BCUT2D eigenvalue weighted by atomic mass is 35.5. The number of carbonyl (C=O) groups is 1. The van der Waals surface area contributed by atoms with E-state index < -0.39 is 28.6 Å². The van der Waals surface area contributed by atoms with Crippen molar-refractivity contribution in [3.05, 3.63) is 56.2 Å². The summed E-state index contributed by atoms with van der Waals surface area (Å²) < 4.78 is 32.2. The summed E-state index contributed by atoms with van der Waals surface area (Å²) in [6.07, 6.45) is 5.31. The van der Waals surface area contributed by atoms with Crippen molar-refractivity contribution >= 4 is 40.6 Å². The monoisotopic (exact) mass is 452 g/mol. The number of aromatic carboxylic acids is 1. The van der Waals surface area contributed by atoms with Gasteiger partial charge in [0.1, 0.15) is 11.4 Å². The molecular formula is C21H19ClF2N2O3S. The van der Waals surface area contributed by atoms with Gasteiger partial charge in [0.25, 0.3) is 0 Å². The van der Waals surface area contributed by atoms with Crippen LogP contribution in [0.25, 0.3) is 21.3 Å². The number of rotatable bonds is 3. The third kappa shape index (κ3) is 3.14. The lowest BCUT2D eigenvalue weighted by Crippen LogP contribution is -2.20. The fourth-order valence-electron chi connectivity index (χ4n) is 4.17. The molecular weight excluding hydrogens is 434 g/mol. The van der Waals surface area contributed by atoms with Gasteiger partial charge in [0.2, 0.25) is 5.43 Å². The maximum absolute atomic E-state index is 15.7. The van der Waals surface area contributed by atoms with Crippen molar-refractivity contribution in [3.8, 4) is 10.4 Å². The molecule has 0 spiro atoms. The summed E-state index contributed by atoms with van der Waals surface area (Å²) in [6.45, 7) is 0. The molecule has 1 aromatic carbocycles. The van der Waals surface area contributed by atoms with E-state index in [1.54, 1.807) is 6.07 Å². The van der Waals surface area contributed by atoms with Crippen LogP contribution < -0.4 is 11.2 Å². The predicted octanol–water partition coefficient (Wildman–Crippen LogP) is 4.80. The molecule has 0 aliphatic heterocycles. The number of hydrogen-bond donors (Lipinski definition) is 2. The van der Waals surface area contributed by atoms with Gasteiger partial charge in [-0.05, 0) is 49.8 Å². The van der Waals surface area contributed by atoms with Gasteiger partial charge in [-0.15, -0.1) is 23.7 Å². The van der Waals surface area contributed by atoms with E-state index in [9.17, 15) is 14.7 Å². The first-order valence-corrected chi connectivity index (χ1v) is 10.4. The lowest BCUT2D eigenvalue weighted by Gasteiger charge is -2.17. The molecule has 1 unspecified atom stereocenters. The van der Waals surface area contributed by atoms with Crippen molar-refractivity contribution in [1.82, 2.24) is 4.57 Å². The van der Waals surface area contributed by atoms with Gasteiger partial charge in [-0.3, -0.25) is 4.79 Å². The van der Waals surface area contributed by atoms with Crippen LogP contribution >= 0.6 is 23.7 Å². The highest BCUT2D eigenvalue weighted by Crippen LogP contribution is 2.43. The Morgan fingerprint density at radius 2 is 1.97 bits per heavy atom. The topological polar surface area (TPSA) is 85.3 Å². The van der Waals surface area contributed by atoms with Gasteiger partial charge < -0.3 is 15.4 Å². The van der Waals surface area contributed by atoms with Gasteiger partial charge in [0, 0.05) is 28.0 Å². The van der Waals surface area contributed by atoms with Crippen LogP contribution in [0, 0.1) is 11.6 Å². The number of pyridine rings is 1. The van der Waals surface area contributed by atoms with Crippen molar-refractivity contribution in [1.29, 1.82) is 0 Å². The van der Waals surface area contributed by atoms with Crippen LogP contribution in [0.15, 0.2) is 23.1 Å². The number of fused-ring (bicyclic) bond motifs is 2. The molecule has 158 valence electrons. The van der Waals surface area contributed by atoms with Gasteiger partial charge in [-0.25, -0.2) is 13.6 Å². The molecule has 0 radical (unpaired) electrons. The Labute approximate surface area is 180 Å². The zero-order chi connectivity index (χ0) is 20.4. The van der Waals surface area contributed by atoms with Crippen LogP contribution in [0.2, 0.25) is 0 Å². The SMILES string of the molecule is Cl.NC1CCCc2sc(-c3c(F)cc4c(=O)c(C(=O)O)cn(C5CC5)c4c3F)cc21. The zero-order valence-corrected chi connectivity index (χ0v) is 17.4. The van der Waals surface area contributed by atoms with Gasteiger partial charge in [-0.1, -0.05) is 0 Å². The zero-order valence-electron chi connectivity index (χ0n) is 15.8. The molecule has 30 heavy (non-hydrogen) atoms. The fraction of sp³-hybridized carbons (Fsp3) is 0.333. The molecule has 3 aromatic rings. The number of halogens is 3. The molecule has 9 heteroatoms. The third-order valence-corrected chi connectivity index (χ3v) is 7.01. The van der Waals surface area contributed by atoms with E-state index in [0.717, 1.165) is 48.6 Å². The molecule has 2 aromatic heterocycles. The minimum absolute atomic E-state index is 0. The average Bonchev–Trinajstić information content (AvgIpc) is 3.42. The molecule has 2 heterocycles. The Hall–Kier alpha value is -2.29. The molecule has 0 saturated heterocycles. The average molecular weight is 453 g/mol. The first kappa shape index (κ1) is 21.0. The lowest BCUT2D eigenvalue weighted by atomic mass is 9.94. The number of aryl methyl sites for hydroxylation is 1. The number of thiophene rings is 1. The summed E-state index contributed by atoms with van der Waals surface area (Å²) in [6, 6.07) is 2.50. The Balaban J connectivity index is 0.00000218. The number of carboxylic acid groups (broad SMARTS) is 1. The molecule has 2 aliphatic rings. The Morgan fingerprint density at radius 3 is 2.60 bits per heavy atom. The third-order valence-electron chi connectivity index (χ3n) is 5.79. The van der Waals surface area contributed by atoms with Crippen LogP contribution in [0.4, 0.5) is 8.78 Å². The largest absolute Gasteiger partial charge is 0.477 e. The maximum Gasteiger partial charge on any atom is 0.341 e. The molecule has 5 rings (SSSR count). The second-order valence-corrected chi connectivity index (χ2v) is 8.88. The van der Waals surface area contributed by atoms with Gasteiger partial charge in [0.15, 0.2) is 5.82 Å². The predicted molar refractivity (Wildman–Crippen MR) is 114 cm³/mol. The van der Waals surface area contributed by atoms with E-state index in [1.165, 1.54) is 22.1 Å². The molecule has 5 nitrogen and oxygen atoms in total. The molecule has 1 atom stereocenters. The van der Waals surface area contributed by atoms with Crippen molar-refractivity contribution in [2.45, 2.75) is 44.2 Å². The molecule has 1 saturated carbocycles. The molecule has 3 N–H and O–H groups in total. The minimum Gasteiger partial charge on any atom is -0.477 e. The Kier molecular flexibility index (Phi) is 5.20. The van der Waals surface area contributed by atoms with Crippen LogP contribution in [0.1, 0.15) is 58.6 Å². The molecule has 1 fully saturated rings. The number of aromatic nitrogens is 1. The summed E-state index contributed by atoms with van der Waals surface area (Å²) in [7, 11) is 0. The highest BCUT2D eigenvalue weighted by molar-refractivity contribution is 7.15. The fourth-order valence-corrected chi connectivity index (χ4v) is 5.49.